The monoisotopic (exact) mass is 300 g/mol. The van der Waals surface area contributed by atoms with Gasteiger partial charge in [-0.05, 0) is 55.2 Å². The number of allylic oxidation sites excluding steroid dienone is 2. The summed E-state index contributed by atoms with van der Waals surface area (Å²) >= 11 is 0. The number of anilines is 1. The first kappa shape index (κ1) is 15.1. The molecule has 4 nitrogen and oxygen atoms in total. The van der Waals surface area contributed by atoms with Gasteiger partial charge in [0.15, 0.2) is 0 Å². The molecule has 2 bridgehead atoms. The van der Waals surface area contributed by atoms with E-state index in [1.54, 1.807) is 0 Å². The van der Waals surface area contributed by atoms with Gasteiger partial charge in [0.25, 0.3) is 5.91 Å². The number of aliphatic hydroxyl groups is 1. The molecule has 1 aromatic rings. The molecule has 1 amide bonds. The van der Waals surface area contributed by atoms with E-state index in [9.17, 15) is 4.79 Å². The standard InChI is InChI=1S/C18H24N2O2/c1-12-16(18(22)19-7-8-21)3-2-4-17(12)20-11-15-10-13-5-6-14(15)9-13/h2-6,13-15,20-21H,7-11H2,1H3,(H,19,22). The summed E-state index contributed by atoms with van der Waals surface area (Å²) in [5, 5.41) is 15.0. The summed E-state index contributed by atoms with van der Waals surface area (Å²) in [5.74, 6) is 2.10. The number of benzene rings is 1. The van der Waals surface area contributed by atoms with Crippen LogP contribution in [-0.2, 0) is 0 Å². The van der Waals surface area contributed by atoms with Crippen molar-refractivity contribution in [3.63, 3.8) is 0 Å². The van der Waals surface area contributed by atoms with Crippen molar-refractivity contribution in [1.82, 2.24) is 5.32 Å². The first-order valence-corrected chi connectivity index (χ1v) is 8.10. The number of amides is 1. The van der Waals surface area contributed by atoms with Crippen LogP contribution in [0.1, 0.15) is 28.8 Å². The second-order valence-corrected chi connectivity index (χ2v) is 6.38. The van der Waals surface area contributed by atoms with E-state index in [2.05, 4.69) is 22.8 Å². The molecule has 2 aliphatic carbocycles. The van der Waals surface area contributed by atoms with Crippen molar-refractivity contribution in [2.45, 2.75) is 19.8 Å². The van der Waals surface area contributed by atoms with Crippen LogP contribution in [0.25, 0.3) is 0 Å². The number of rotatable bonds is 6. The molecule has 1 aromatic carbocycles. The van der Waals surface area contributed by atoms with Crippen LogP contribution in [-0.4, -0.2) is 30.7 Å². The lowest BCUT2D eigenvalue weighted by Gasteiger charge is -2.20. The predicted octanol–water partition coefficient (Wildman–Crippen LogP) is 2.34. The maximum atomic E-state index is 12.1. The second kappa shape index (κ2) is 6.53. The van der Waals surface area contributed by atoms with E-state index in [-0.39, 0.29) is 19.1 Å². The van der Waals surface area contributed by atoms with Crippen LogP contribution in [0.5, 0.6) is 0 Å². The van der Waals surface area contributed by atoms with Crippen LogP contribution in [0.2, 0.25) is 0 Å². The van der Waals surface area contributed by atoms with Gasteiger partial charge in [0, 0.05) is 24.3 Å². The largest absolute Gasteiger partial charge is 0.395 e. The zero-order chi connectivity index (χ0) is 15.5. The van der Waals surface area contributed by atoms with Gasteiger partial charge >= 0.3 is 0 Å². The summed E-state index contributed by atoms with van der Waals surface area (Å²) < 4.78 is 0. The van der Waals surface area contributed by atoms with Crippen LogP contribution in [0.15, 0.2) is 30.4 Å². The Balaban J connectivity index is 1.64. The highest BCUT2D eigenvalue weighted by Crippen LogP contribution is 2.43. The van der Waals surface area contributed by atoms with E-state index < -0.39 is 0 Å². The van der Waals surface area contributed by atoms with Gasteiger partial charge in [-0.25, -0.2) is 0 Å². The average molecular weight is 300 g/mol. The minimum absolute atomic E-state index is 0.0412. The van der Waals surface area contributed by atoms with E-state index in [0.29, 0.717) is 11.5 Å². The highest BCUT2D eigenvalue weighted by atomic mass is 16.3. The fourth-order valence-corrected chi connectivity index (χ4v) is 3.71. The average Bonchev–Trinajstić information content (AvgIpc) is 3.14. The van der Waals surface area contributed by atoms with Crippen LogP contribution < -0.4 is 10.6 Å². The zero-order valence-corrected chi connectivity index (χ0v) is 13.0. The fourth-order valence-electron chi connectivity index (χ4n) is 3.71. The van der Waals surface area contributed by atoms with Crippen molar-refractivity contribution >= 4 is 11.6 Å². The normalized spacial score (nSPS) is 25.5. The van der Waals surface area contributed by atoms with Gasteiger partial charge in [0.1, 0.15) is 0 Å². The lowest BCUT2D eigenvalue weighted by atomic mass is 9.93. The van der Waals surface area contributed by atoms with Crippen LogP contribution in [0.4, 0.5) is 5.69 Å². The van der Waals surface area contributed by atoms with E-state index in [0.717, 1.165) is 29.6 Å². The number of hydrogen-bond acceptors (Lipinski definition) is 3. The lowest BCUT2D eigenvalue weighted by molar-refractivity contribution is 0.0944. The Bertz CT molecular complexity index is 582. The molecule has 1 saturated carbocycles. The number of carbonyl (C=O) groups excluding carboxylic acids is 1. The SMILES string of the molecule is Cc1c(NCC2CC3C=CC2C3)cccc1C(=O)NCCO. The number of aliphatic hydroxyl groups excluding tert-OH is 1. The summed E-state index contributed by atoms with van der Waals surface area (Å²) in [7, 11) is 0. The third-order valence-electron chi connectivity index (χ3n) is 4.95. The highest BCUT2D eigenvalue weighted by molar-refractivity contribution is 5.97. The van der Waals surface area contributed by atoms with Crippen LogP contribution >= 0.6 is 0 Å². The van der Waals surface area contributed by atoms with Crippen molar-refractivity contribution < 1.29 is 9.90 Å². The third-order valence-corrected chi connectivity index (χ3v) is 4.95. The molecule has 4 heteroatoms. The van der Waals surface area contributed by atoms with Gasteiger partial charge in [-0.2, -0.15) is 0 Å². The molecule has 0 aliphatic heterocycles. The molecule has 0 saturated heterocycles. The molecular weight excluding hydrogens is 276 g/mol. The second-order valence-electron chi connectivity index (χ2n) is 6.38. The van der Waals surface area contributed by atoms with Gasteiger partial charge in [-0.1, -0.05) is 18.2 Å². The minimum atomic E-state index is -0.127. The van der Waals surface area contributed by atoms with Gasteiger partial charge in [0.05, 0.1) is 6.61 Å². The summed E-state index contributed by atoms with van der Waals surface area (Å²) in [6.07, 6.45) is 7.32. The first-order valence-electron chi connectivity index (χ1n) is 8.10. The van der Waals surface area contributed by atoms with E-state index >= 15 is 0 Å². The smallest absolute Gasteiger partial charge is 0.251 e. The van der Waals surface area contributed by atoms with E-state index in [1.165, 1.54) is 12.8 Å². The highest BCUT2D eigenvalue weighted by Gasteiger charge is 2.35. The molecule has 0 aromatic heterocycles. The Kier molecular flexibility index (Phi) is 4.48. The van der Waals surface area contributed by atoms with Gasteiger partial charge in [0.2, 0.25) is 0 Å². The molecule has 2 aliphatic rings. The molecule has 1 fully saturated rings. The maximum Gasteiger partial charge on any atom is 0.251 e. The Hall–Kier alpha value is -1.81. The van der Waals surface area contributed by atoms with Crippen molar-refractivity contribution in [3.8, 4) is 0 Å². The Morgan fingerprint density at radius 2 is 2.18 bits per heavy atom. The quantitative estimate of drug-likeness (QED) is 0.707. The maximum absolute atomic E-state index is 12.1. The fraction of sp³-hybridized carbons (Fsp3) is 0.500. The molecule has 118 valence electrons. The molecule has 0 radical (unpaired) electrons. The molecular formula is C18H24N2O2. The molecule has 0 heterocycles. The Morgan fingerprint density at radius 3 is 2.86 bits per heavy atom. The van der Waals surface area contributed by atoms with Gasteiger partial charge in [-0.3, -0.25) is 4.79 Å². The topological polar surface area (TPSA) is 61.4 Å². The number of hydrogen-bond donors (Lipinski definition) is 3. The first-order chi connectivity index (χ1) is 10.7. The van der Waals surface area contributed by atoms with Crippen LogP contribution in [0, 0.1) is 24.7 Å². The lowest BCUT2D eigenvalue weighted by Crippen LogP contribution is -2.27. The van der Waals surface area contributed by atoms with E-state index in [4.69, 9.17) is 5.11 Å². The number of carbonyl (C=O) groups is 1. The molecule has 0 spiro atoms. The van der Waals surface area contributed by atoms with Crippen molar-refractivity contribution in [2.75, 3.05) is 25.0 Å². The summed E-state index contributed by atoms with van der Waals surface area (Å²) in [5.41, 5.74) is 2.67. The summed E-state index contributed by atoms with van der Waals surface area (Å²) in [6, 6.07) is 5.76. The molecule has 22 heavy (non-hydrogen) atoms. The van der Waals surface area contributed by atoms with Crippen molar-refractivity contribution in [1.29, 1.82) is 0 Å². The molecule has 3 atom stereocenters. The Morgan fingerprint density at radius 1 is 1.32 bits per heavy atom. The van der Waals surface area contributed by atoms with Crippen molar-refractivity contribution in [3.05, 3.63) is 41.5 Å². The van der Waals surface area contributed by atoms with Crippen molar-refractivity contribution in [2.24, 2.45) is 17.8 Å². The minimum Gasteiger partial charge on any atom is -0.395 e. The number of nitrogens with one attached hydrogen (secondary N) is 2. The van der Waals surface area contributed by atoms with E-state index in [1.807, 2.05) is 25.1 Å². The molecule has 3 N–H and O–H groups in total. The molecule has 3 unspecified atom stereocenters. The summed E-state index contributed by atoms with van der Waals surface area (Å²) in [6.45, 7) is 3.18. The number of fused-ring (bicyclic) bond motifs is 2. The van der Waals surface area contributed by atoms with Crippen LogP contribution in [0.3, 0.4) is 0 Å². The Labute approximate surface area is 131 Å². The molecule has 3 rings (SSSR count). The predicted molar refractivity (Wildman–Crippen MR) is 87.9 cm³/mol. The van der Waals surface area contributed by atoms with Gasteiger partial charge < -0.3 is 15.7 Å². The van der Waals surface area contributed by atoms with Gasteiger partial charge in [-0.15, -0.1) is 0 Å². The summed E-state index contributed by atoms with van der Waals surface area (Å²) in [4.78, 5) is 12.1. The third kappa shape index (κ3) is 3.02. The zero-order valence-electron chi connectivity index (χ0n) is 13.0.